The van der Waals surface area contributed by atoms with Gasteiger partial charge in [0.05, 0.1) is 21.8 Å². The highest BCUT2D eigenvalue weighted by atomic mass is 79.9. The quantitative estimate of drug-likeness (QED) is 0.393. The molecule has 0 saturated heterocycles. The molecule has 0 unspecified atom stereocenters. The van der Waals surface area contributed by atoms with Crippen LogP contribution >= 0.6 is 51.3 Å². The Hall–Kier alpha value is -1.34. The molecule has 0 aliphatic rings. The van der Waals surface area contributed by atoms with Crippen molar-refractivity contribution >= 4 is 68.1 Å². The van der Waals surface area contributed by atoms with Gasteiger partial charge in [0.1, 0.15) is 5.75 Å². The van der Waals surface area contributed by atoms with Gasteiger partial charge < -0.3 is 10.1 Å². The Bertz CT molecular complexity index is 818. The summed E-state index contributed by atoms with van der Waals surface area (Å²) >= 11 is 20.5. The lowest BCUT2D eigenvalue weighted by molar-refractivity contribution is 0.0977. The monoisotopic (exact) mass is 474 g/mol. The molecule has 26 heavy (non-hydrogen) atoms. The van der Waals surface area contributed by atoms with Crippen molar-refractivity contribution < 1.29 is 9.53 Å². The second-order valence-electron chi connectivity index (χ2n) is 5.38. The van der Waals surface area contributed by atoms with Gasteiger partial charge in [-0.3, -0.25) is 10.1 Å². The zero-order valence-corrected chi connectivity index (χ0v) is 17.9. The second kappa shape index (κ2) is 10.1. The van der Waals surface area contributed by atoms with Crippen molar-refractivity contribution in [3.05, 3.63) is 56.5 Å². The summed E-state index contributed by atoms with van der Waals surface area (Å²) in [4.78, 5) is 12.4. The average molecular weight is 476 g/mol. The van der Waals surface area contributed by atoms with E-state index in [1.807, 2.05) is 0 Å². The lowest BCUT2D eigenvalue weighted by atomic mass is 10.2. The number of hydrogen-bond acceptors (Lipinski definition) is 3. The van der Waals surface area contributed by atoms with E-state index >= 15 is 0 Å². The van der Waals surface area contributed by atoms with Gasteiger partial charge in [-0.15, -0.1) is 0 Å². The predicted octanol–water partition coefficient (Wildman–Crippen LogP) is 6.06. The number of thiocarbonyl (C=S) groups is 1. The fraction of sp³-hybridized carbons (Fsp3) is 0.222. The van der Waals surface area contributed by atoms with Crippen LogP contribution in [0, 0.1) is 0 Å². The van der Waals surface area contributed by atoms with Crippen LogP contribution in [0.4, 0.5) is 5.69 Å². The molecule has 0 heterocycles. The summed E-state index contributed by atoms with van der Waals surface area (Å²) in [5, 5.41) is 6.55. The minimum atomic E-state index is -0.339. The van der Waals surface area contributed by atoms with E-state index in [0.717, 1.165) is 12.8 Å². The molecule has 138 valence electrons. The van der Waals surface area contributed by atoms with Gasteiger partial charge in [-0.05, 0) is 71.0 Å². The molecule has 0 aliphatic heterocycles. The second-order valence-corrected chi connectivity index (χ2v) is 7.49. The van der Waals surface area contributed by atoms with E-state index in [1.165, 1.54) is 0 Å². The van der Waals surface area contributed by atoms with Crippen LogP contribution in [-0.4, -0.2) is 17.6 Å². The normalized spacial score (nSPS) is 10.3. The molecule has 1 amide bonds. The Morgan fingerprint density at radius 2 is 2.00 bits per heavy atom. The van der Waals surface area contributed by atoms with Gasteiger partial charge in [-0.25, -0.2) is 0 Å². The highest BCUT2D eigenvalue weighted by Crippen LogP contribution is 2.27. The maximum Gasteiger partial charge on any atom is 0.257 e. The molecular formula is C18H17BrCl2N2O2S. The standard InChI is InChI=1S/C18H17BrCl2N2O2S/c1-2-3-8-25-16-7-4-11(9-13(16)19)17(24)23-18(26)22-15-6-5-12(20)10-14(15)21/h4-7,9-10H,2-3,8H2,1H3,(H2,22,23,24,26). The highest BCUT2D eigenvalue weighted by molar-refractivity contribution is 9.10. The van der Waals surface area contributed by atoms with Gasteiger partial charge in [-0.2, -0.15) is 0 Å². The van der Waals surface area contributed by atoms with Crippen LogP contribution < -0.4 is 15.4 Å². The molecular weight excluding hydrogens is 459 g/mol. The largest absolute Gasteiger partial charge is 0.492 e. The number of anilines is 1. The lowest BCUT2D eigenvalue weighted by Crippen LogP contribution is -2.34. The van der Waals surface area contributed by atoms with Gasteiger partial charge in [0, 0.05) is 10.6 Å². The number of unbranched alkanes of at least 4 members (excludes halogenated alkanes) is 1. The molecule has 0 aromatic heterocycles. The van der Waals surface area contributed by atoms with Crippen molar-refractivity contribution in [1.82, 2.24) is 5.32 Å². The maximum absolute atomic E-state index is 12.4. The van der Waals surface area contributed by atoms with Crippen LogP contribution in [0.5, 0.6) is 5.75 Å². The fourth-order valence-corrected chi connectivity index (χ4v) is 3.16. The molecule has 0 fully saturated rings. The lowest BCUT2D eigenvalue weighted by Gasteiger charge is -2.12. The van der Waals surface area contributed by atoms with Crippen LogP contribution in [-0.2, 0) is 0 Å². The predicted molar refractivity (Wildman–Crippen MR) is 115 cm³/mol. The van der Waals surface area contributed by atoms with Crippen LogP contribution in [0.3, 0.4) is 0 Å². The molecule has 0 radical (unpaired) electrons. The number of rotatable bonds is 6. The van der Waals surface area contributed by atoms with E-state index in [-0.39, 0.29) is 11.0 Å². The third kappa shape index (κ3) is 6.13. The summed E-state index contributed by atoms with van der Waals surface area (Å²) in [7, 11) is 0. The molecule has 0 aliphatic carbocycles. The van der Waals surface area contributed by atoms with Crippen molar-refractivity contribution in [1.29, 1.82) is 0 Å². The van der Waals surface area contributed by atoms with E-state index in [2.05, 4.69) is 33.5 Å². The number of amides is 1. The van der Waals surface area contributed by atoms with Crippen molar-refractivity contribution in [2.45, 2.75) is 19.8 Å². The zero-order chi connectivity index (χ0) is 19.1. The van der Waals surface area contributed by atoms with Gasteiger partial charge >= 0.3 is 0 Å². The van der Waals surface area contributed by atoms with Crippen LogP contribution in [0.15, 0.2) is 40.9 Å². The Balaban J connectivity index is 1.98. The molecule has 0 spiro atoms. The first-order chi connectivity index (χ1) is 12.4. The Morgan fingerprint density at radius 1 is 1.23 bits per heavy atom. The third-order valence-electron chi connectivity index (χ3n) is 3.36. The van der Waals surface area contributed by atoms with Crippen molar-refractivity contribution in [3.8, 4) is 5.75 Å². The molecule has 0 saturated carbocycles. The van der Waals surface area contributed by atoms with E-state index in [1.54, 1.807) is 36.4 Å². The first kappa shape index (κ1) is 21.0. The van der Waals surface area contributed by atoms with Gasteiger partial charge in [0.25, 0.3) is 5.91 Å². The number of hydrogen-bond donors (Lipinski definition) is 2. The van der Waals surface area contributed by atoms with E-state index in [0.29, 0.717) is 38.1 Å². The summed E-state index contributed by atoms with van der Waals surface area (Å²) < 4.78 is 6.36. The zero-order valence-electron chi connectivity index (χ0n) is 13.9. The molecule has 2 N–H and O–H groups in total. The van der Waals surface area contributed by atoms with Crippen LogP contribution in [0.2, 0.25) is 10.0 Å². The topological polar surface area (TPSA) is 50.4 Å². The van der Waals surface area contributed by atoms with Gasteiger partial charge in [0.15, 0.2) is 5.11 Å². The smallest absolute Gasteiger partial charge is 0.257 e. The number of benzene rings is 2. The Morgan fingerprint density at radius 3 is 2.65 bits per heavy atom. The van der Waals surface area contributed by atoms with Crippen molar-refractivity contribution in [2.75, 3.05) is 11.9 Å². The van der Waals surface area contributed by atoms with Crippen LogP contribution in [0.25, 0.3) is 0 Å². The number of nitrogens with one attached hydrogen (secondary N) is 2. The van der Waals surface area contributed by atoms with Crippen LogP contribution in [0.1, 0.15) is 30.1 Å². The first-order valence-corrected chi connectivity index (χ1v) is 9.86. The minimum absolute atomic E-state index is 0.138. The Labute approximate surface area is 176 Å². The number of carbonyl (C=O) groups is 1. The first-order valence-electron chi connectivity index (χ1n) is 7.90. The SMILES string of the molecule is CCCCOc1ccc(C(=O)NC(=S)Nc2ccc(Cl)cc2Cl)cc1Br. The van der Waals surface area contributed by atoms with E-state index < -0.39 is 0 Å². The summed E-state index contributed by atoms with van der Waals surface area (Å²) in [5.74, 6) is 0.358. The number of ether oxygens (including phenoxy) is 1. The van der Waals surface area contributed by atoms with E-state index in [9.17, 15) is 4.79 Å². The van der Waals surface area contributed by atoms with Crippen molar-refractivity contribution in [2.24, 2.45) is 0 Å². The molecule has 2 aromatic carbocycles. The number of halogens is 3. The van der Waals surface area contributed by atoms with Gasteiger partial charge in [-0.1, -0.05) is 36.5 Å². The van der Waals surface area contributed by atoms with Crippen molar-refractivity contribution in [3.63, 3.8) is 0 Å². The summed E-state index contributed by atoms with van der Waals surface area (Å²) in [6.07, 6.45) is 2.03. The van der Waals surface area contributed by atoms with Gasteiger partial charge in [0.2, 0.25) is 0 Å². The summed E-state index contributed by atoms with van der Waals surface area (Å²) in [6, 6.07) is 10.1. The number of carbonyl (C=O) groups excluding carboxylic acids is 1. The average Bonchev–Trinajstić information content (AvgIpc) is 2.59. The minimum Gasteiger partial charge on any atom is -0.492 e. The maximum atomic E-state index is 12.4. The third-order valence-corrected chi connectivity index (χ3v) is 4.73. The molecule has 2 rings (SSSR count). The molecule has 0 atom stereocenters. The fourth-order valence-electron chi connectivity index (χ4n) is 2.01. The summed E-state index contributed by atoms with van der Waals surface area (Å²) in [5.41, 5.74) is 1.01. The molecule has 0 bridgehead atoms. The Kier molecular flexibility index (Phi) is 8.15. The molecule has 2 aromatic rings. The highest BCUT2D eigenvalue weighted by Gasteiger charge is 2.12. The molecule has 8 heteroatoms. The van der Waals surface area contributed by atoms with E-state index in [4.69, 9.17) is 40.2 Å². The summed E-state index contributed by atoms with van der Waals surface area (Å²) in [6.45, 7) is 2.73. The molecule has 4 nitrogen and oxygen atoms in total.